The topological polar surface area (TPSA) is 71.4 Å². The number of nitrogens with zero attached hydrogens (tertiary/aromatic N) is 1. The van der Waals surface area contributed by atoms with Crippen molar-refractivity contribution in [1.29, 1.82) is 0 Å². The Morgan fingerprint density at radius 2 is 1.80 bits per heavy atom. The van der Waals surface area contributed by atoms with Crippen LogP contribution >= 0.6 is 0 Å². The molecule has 0 bridgehead atoms. The van der Waals surface area contributed by atoms with E-state index in [1.54, 1.807) is 10.8 Å². The van der Waals surface area contributed by atoms with E-state index in [1.807, 2.05) is 49.5 Å². The Balaban J connectivity index is 1.98. The van der Waals surface area contributed by atoms with Crippen LogP contribution < -0.4 is 4.74 Å². The molecule has 0 saturated heterocycles. The van der Waals surface area contributed by atoms with Crippen molar-refractivity contribution < 1.29 is 22.2 Å². The molecule has 5 nitrogen and oxygen atoms in total. The fourth-order valence-corrected chi connectivity index (χ4v) is 3.61. The van der Waals surface area contributed by atoms with Gasteiger partial charge in [-0.1, -0.05) is 36.4 Å². The zero-order valence-electron chi connectivity index (χ0n) is 13.5. The highest BCUT2D eigenvalue weighted by atomic mass is 32.2. The van der Waals surface area contributed by atoms with E-state index in [0.717, 1.165) is 39.4 Å². The van der Waals surface area contributed by atoms with E-state index >= 15 is 0 Å². The highest BCUT2D eigenvalue weighted by Gasteiger charge is 2.15. The molecule has 1 aromatic heterocycles. The summed E-state index contributed by atoms with van der Waals surface area (Å²) >= 11 is 0. The van der Waals surface area contributed by atoms with E-state index in [9.17, 15) is 13.0 Å². The second kappa shape index (κ2) is 5.68. The number of hydrogen-bond donors (Lipinski definition) is 1. The standard InChI is InChI=1S/C19H15NO4S/c1-2-20-11-10-19(24-20)18-5-3-4-16-15-9-7-14(25(21,22)23)12-13(15)6-8-17(16)18/h3-12H,2H2,1H3/p+1. The lowest BCUT2D eigenvalue weighted by molar-refractivity contribution is -0.859. The number of hydrogen-bond acceptors (Lipinski definition) is 3. The minimum atomic E-state index is -4.22. The van der Waals surface area contributed by atoms with Gasteiger partial charge in [0.25, 0.3) is 10.1 Å². The van der Waals surface area contributed by atoms with Crippen LogP contribution in [0.3, 0.4) is 0 Å². The summed E-state index contributed by atoms with van der Waals surface area (Å²) in [6.45, 7) is 2.77. The maximum atomic E-state index is 11.4. The zero-order valence-corrected chi connectivity index (χ0v) is 14.3. The fraction of sp³-hybridized carbons (Fsp3) is 0.105. The van der Waals surface area contributed by atoms with Gasteiger partial charge in [-0.05, 0) is 45.3 Å². The Morgan fingerprint density at radius 3 is 2.52 bits per heavy atom. The Morgan fingerprint density at radius 1 is 1.00 bits per heavy atom. The molecule has 4 rings (SSSR count). The lowest BCUT2D eigenvalue weighted by Crippen LogP contribution is -2.27. The van der Waals surface area contributed by atoms with Crippen molar-refractivity contribution >= 4 is 31.7 Å². The summed E-state index contributed by atoms with van der Waals surface area (Å²) in [6.07, 6.45) is 1.90. The van der Waals surface area contributed by atoms with Gasteiger partial charge in [0.2, 0.25) is 12.0 Å². The molecule has 1 heterocycles. The highest BCUT2D eigenvalue weighted by Crippen LogP contribution is 2.33. The van der Waals surface area contributed by atoms with Gasteiger partial charge in [-0.2, -0.15) is 8.42 Å². The van der Waals surface area contributed by atoms with Crippen molar-refractivity contribution in [2.24, 2.45) is 0 Å². The number of rotatable bonds is 3. The largest absolute Gasteiger partial charge is 0.294 e. The summed E-state index contributed by atoms with van der Waals surface area (Å²) in [7, 11) is -4.22. The van der Waals surface area contributed by atoms with Crippen LogP contribution in [0.25, 0.3) is 32.9 Å². The number of benzene rings is 3. The molecular formula is C19H16NO4S+. The van der Waals surface area contributed by atoms with E-state index in [-0.39, 0.29) is 4.90 Å². The molecule has 0 atom stereocenters. The van der Waals surface area contributed by atoms with Crippen molar-refractivity contribution in [3.63, 3.8) is 0 Å². The van der Waals surface area contributed by atoms with Crippen LogP contribution in [-0.2, 0) is 16.7 Å². The van der Waals surface area contributed by atoms with Crippen molar-refractivity contribution in [1.82, 2.24) is 0 Å². The average molecular weight is 354 g/mol. The molecule has 0 spiro atoms. The number of fused-ring (bicyclic) bond motifs is 3. The molecule has 0 aliphatic carbocycles. The number of aromatic nitrogens is 1. The Bertz CT molecular complexity index is 1210. The Hall–Kier alpha value is -2.70. The zero-order chi connectivity index (χ0) is 17.6. The molecule has 3 aromatic carbocycles. The van der Waals surface area contributed by atoms with Crippen molar-refractivity contribution in [3.05, 3.63) is 60.8 Å². The predicted octanol–water partition coefficient (Wildman–Crippen LogP) is 3.81. The average Bonchev–Trinajstić information content (AvgIpc) is 3.08. The molecular weight excluding hydrogens is 338 g/mol. The van der Waals surface area contributed by atoms with E-state index in [4.69, 9.17) is 4.52 Å². The van der Waals surface area contributed by atoms with Crippen LogP contribution in [0.15, 0.2) is 70.2 Å². The van der Waals surface area contributed by atoms with Crippen LogP contribution in [0.1, 0.15) is 6.92 Å². The smallest absolute Gasteiger partial charge is 0.282 e. The minimum Gasteiger partial charge on any atom is -0.282 e. The van der Waals surface area contributed by atoms with Crippen molar-refractivity contribution in [2.45, 2.75) is 18.4 Å². The highest BCUT2D eigenvalue weighted by molar-refractivity contribution is 7.85. The van der Waals surface area contributed by atoms with Gasteiger partial charge in [0.1, 0.15) is 0 Å². The molecule has 25 heavy (non-hydrogen) atoms. The Kier molecular flexibility index (Phi) is 3.59. The SMILES string of the molecule is CC[n+]1ccc(-c2cccc3c2ccc2cc(S(=O)(=O)O)ccc23)o1. The van der Waals surface area contributed by atoms with Crippen molar-refractivity contribution in [2.75, 3.05) is 0 Å². The molecule has 0 amide bonds. The summed E-state index contributed by atoms with van der Waals surface area (Å²) < 4.78 is 39.5. The van der Waals surface area contributed by atoms with Gasteiger partial charge < -0.3 is 0 Å². The van der Waals surface area contributed by atoms with Gasteiger partial charge in [0.05, 0.1) is 11.0 Å². The summed E-state index contributed by atoms with van der Waals surface area (Å²) in [5.41, 5.74) is 0.977. The van der Waals surface area contributed by atoms with Gasteiger partial charge in [-0.15, -0.1) is 0 Å². The molecule has 6 heteroatoms. The van der Waals surface area contributed by atoms with Crippen molar-refractivity contribution in [3.8, 4) is 11.3 Å². The molecule has 0 fully saturated rings. The number of aryl methyl sites for hydroxylation is 1. The normalized spacial score (nSPS) is 12.1. The third kappa shape index (κ3) is 2.69. The molecule has 126 valence electrons. The maximum absolute atomic E-state index is 11.4. The summed E-state index contributed by atoms with van der Waals surface area (Å²) in [5, 5.41) is 3.69. The first kappa shape index (κ1) is 15.8. The van der Waals surface area contributed by atoms with E-state index < -0.39 is 10.1 Å². The van der Waals surface area contributed by atoms with Crippen LogP contribution in [0.2, 0.25) is 0 Å². The van der Waals surface area contributed by atoms with Crippen LogP contribution in [-0.4, -0.2) is 13.0 Å². The van der Waals surface area contributed by atoms with Crippen LogP contribution in [0, 0.1) is 0 Å². The minimum absolute atomic E-state index is 0.106. The van der Waals surface area contributed by atoms with Gasteiger partial charge in [-0.3, -0.25) is 4.55 Å². The second-order valence-electron chi connectivity index (χ2n) is 5.83. The molecule has 0 radical (unpaired) electrons. The van der Waals surface area contributed by atoms with Gasteiger partial charge in [-0.25, -0.2) is 4.52 Å². The lowest BCUT2D eigenvalue weighted by Gasteiger charge is -2.08. The van der Waals surface area contributed by atoms with Crippen LogP contribution in [0.5, 0.6) is 0 Å². The first-order valence-electron chi connectivity index (χ1n) is 7.90. The molecule has 1 N–H and O–H groups in total. The molecule has 0 aliphatic rings. The molecule has 4 aromatic rings. The third-order valence-corrected chi connectivity index (χ3v) is 5.18. The predicted molar refractivity (Wildman–Crippen MR) is 94.8 cm³/mol. The van der Waals surface area contributed by atoms with E-state index in [2.05, 4.69) is 0 Å². The first-order valence-corrected chi connectivity index (χ1v) is 9.34. The van der Waals surface area contributed by atoms with Gasteiger partial charge >= 0.3 is 0 Å². The van der Waals surface area contributed by atoms with Crippen LogP contribution in [0.4, 0.5) is 0 Å². The summed E-state index contributed by atoms with van der Waals surface area (Å²) in [5.74, 6) is 0.779. The Labute approximate surface area is 144 Å². The monoisotopic (exact) mass is 354 g/mol. The first-order chi connectivity index (χ1) is 12.0. The summed E-state index contributed by atoms with van der Waals surface area (Å²) in [4.78, 5) is -0.106. The molecule has 0 aliphatic heterocycles. The van der Waals surface area contributed by atoms with E-state index in [1.165, 1.54) is 12.1 Å². The van der Waals surface area contributed by atoms with Gasteiger partial charge in [0, 0.05) is 5.56 Å². The van der Waals surface area contributed by atoms with Gasteiger partial charge in [0.15, 0.2) is 6.54 Å². The second-order valence-corrected chi connectivity index (χ2v) is 7.25. The lowest BCUT2D eigenvalue weighted by atomic mass is 9.97. The summed E-state index contributed by atoms with van der Waals surface area (Å²) in [6, 6.07) is 16.3. The maximum Gasteiger partial charge on any atom is 0.294 e. The van der Waals surface area contributed by atoms with E-state index in [0.29, 0.717) is 0 Å². The molecule has 0 unspecified atom stereocenters. The molecule has 0 saturated carbocycles. The fourth-order valence-electron chi connectivity index (χ4n) is 3.10. The third-order valence-electron chi connectivity index (χ3n) is 4.33. The quantitative estimate of drug-likeness (QED) is 0.345.